The molecule has 1 aromatic carbocycles. The van der Waals surface area contributed by atoms with Crippen LogP contribution in [0.3, 0.4) is 0 Å². The van der Waals surface area contributed by atoms with E-state index in [0.717, 1.165) is 39.5 Å². The van der Waals surface area contributed by atoms with E-state index in [1.807, 2.05) is 33.9 Å². The minimum absolute atomic E-state index is 0.738. The van der Waals surface area contributed by atoms with E-state index in [9.17, 15) is 0 Å². The number of nitrogens with two attached hydrogens (primary N) is 1. The topological polar surface area (TPSA) is 64.1 Å². The van der Waals surface area contributed by atoms with E-state index in [0.29, 0.717) is 0 Å². The minimum atomic E-state index is 0.738. The predicted molar refractivity (Wildman–Crippen MR) is 70.1 cm³/mol. The molecule has 0 aliphatic rings. The van der Waals surface area contributed by atoms with E-state index in [2.05, 4.69) is 16.5 Å². The Balaban J connectivity index is 2.62. The number of nitrogens with one attached hydrogen (secondary N) is 1. The largest absolute Gasteiger partial charge is 0.397 e. The molecular formula is C13H17N3O. The molecule has 1 aromatic heterocycles. The molecule has 2 rings (SSSR count). The molecule has 0 saturated carbocycles. The summed E-state index contributed by atoms with van der Waals surface area (Å²) in [6.45, 7) is 5.88. The Morgan fingerprint density at radius 1 is 1.24 bits per heavy atom. The molecule has 90 valence electrons. The summed E-state index contributed by atoms with van der Waals surface area (Å²) in [6.07, 6.45) is 0. The first-order valence-electron chi connectivity index (χ1n) is 5.55. The van der Waals surface area contributed by atoms with Gasteiger partial charge in [-0.1, -0.05) is 5.16 Å². The van der Waals surface area contributed by atoms with Crippen LogP contribution in [0.5, 0.6) is 0 Å². The molecule has 0 aliphatic carbocycles. The second kappa shape index (κ2) is 4.13. The molecule has 0 bridgehead atoms. The first-order chi connectivity index (χ1) is 8.04. The maximum Gasteiger partial charge on any atom is 0.141 e. The number of aryl methyl sites for hydroxylation is 3. The second-order valence-corrected chi connectivity index (χ2v) is 4.21. The normalized spacial score (nSPS) is 10.6. The number of anilines is 2. The van der Waals surface area contributed by atoms with E-state index in [1.165, 1.54) is 0 Å². The van der Waals surface area contributed by atoms with Gasteiger partial charge in [0.15, 0.2) is 0 Å². The zero-order chi connectivity index (χ0) is 12.6. The van der Waals surface area contributed by atoms with Gasteiger partial charge in [-0.25, -0.2) is 0 Å². The van der Waals surface area contributed by atoms with Gasteiger partial charge >= 0.3 is 0 Å². The van der Waals surface area contributed by atoms with Crippen LogP contribution in [0, 0.1) is 20.8 Å². The predicted octanol–water partition coefficient (Wildman–Crippen LogP) is 2.89. The Bertz CT molecular complexity index is 515. The van der Waals surface area contributed by atoms with Crippen molar-refractivity contribution < 1.29 is 4.52 Å². The highest BCUT2D eigenvalue weighted by molar-refractivity contribution is 5.80. The van der Waals surface area contributed by atoms with E-state index in [-0.39, 0.29) is 0 Å². The van der Waals surface area contributed by atoms with Crippen LogP contribution in [-0.2, 0) is 0 Å². The highest BCUT2D eigenvalue weighted by atomic mass is 16.5. The number of nitrogens with zero attached hydrogens (tertiary/aromatic N) is 1. The number of rotatable bonds is 2. The lowest BCUT2D eigenvalue weighted by molar-refractivity contribution is 0.393. The smallest absolute Gasteiger partial charge is 0.141 e. The average Bonchev–Trinajstić information content (AvgIpc) is 2.58. The maximum absolute atomic E-state index is 6.03. The van der Waals surface area contributed by atoms with Crippen molar-refractivity contribution in [2.75, 3.05) is 18.1 Å². The molecular weight excluding hydrogens is 214 g/mol. The van der Waals surface area contributed by atoms with Gasteiger partial charge < -0.3 is 15.6 Å². The molecule has 17 heavy (non-hydrogen) atoms. The monoisotopic (exact) mass is 231 g/mol. The zero-order valence-electron chi connectivity index (χ0n) is 10.6. The van der Waals surface area contributed by atoms with Gasteiger partial charge in [0.1, 0.15) is 5.76 Å². The van der Waals surface area contributed by atoms with Crippen molar-refractivity contribution in [1.82, 2.24) is 5.16 Å². The molecule has 0 amide bonds. The Labute approximate surface area is 101 Å². The van der Waals surface area contributed by atoms with Crippen molar-refractivity contribution in [1.29, 1.82) is 0 Å². The minimum Gasteiger partial charge on any atom is -0.397 e. The van der Waals surface area contributed by atoms with Crippen molar-refractivity contribution in [3.05, 3.63) is 29.2 Å². The van der Waals surface area contributed by atoms with E-state index in [4.69, 9.17) is 10.3 Å². The molecule has 0 spiro atoms. The van der Waals surface area contributed by atoms with Gasteiger partial charge in [0, 0.05) is 12.6 Å². The first kappa shape index (κ1) is 11.5. The molecule has 0 aliphatic heterocycles. The van der Waals surface area contributed by atoms with Crippen LogP contribution in [0.15, 0.2) is 16.7 Å². The molecule has 4 heteroatoms. The van der Waals surface area contributed by atoms with Crippen molar-refractivity contribution in [2.45, 2.75) is 20.8 Å². The van der Waals surface area contributed by atoms with Crippen molar-refractivity contribution in [3.8, 4) is 11.1 Å². The van der Waals surface area contributed by atoms with Crippen molar-refractivity contribution >= 4 is 11.4 Å². The van der Waals surface area contributed by atoms with Crippen LogP contribution in [-0.4, -0.2) is 12.2 Å². The number of nitrogen functional groups attached to an aromatic ring is 1. The van der Waals surface area contributed by atoms with Gasteiger partial charge in [0.05, 0.1) is 17.1 Å². The number of hydrogen-bond acceptors (Lipinski definition) is 4. The highest BCUT2D eigenvalue weighted by Crippen LogP contribution is 2.33. The van der Waals surface area contributed by atoms with Crippen molar-refractivity contribution in [3.63, 3.8) is 0 Å². The Morgan fingerprint density at radius 2 is 1.94 bits per heavy atom. The first-order valence-corrected chi connectivity index (χ1v) is 5.55. The van der Waals surface area contributed by atoms with Crippen LogP contribution in [0.4, 0.5) is 11.4 Å². The Morgan fingerprint density at radius 3 is 2.41 bits per heavy atom. The fourth-order valence-electron chi connectivity index (χ4n) is 2.20. The molecule has 0 fully saturated rings. The van der Waals surface area contributed by atoms with Crippen LogP contribution in [0.2, 0.25) is 0 Å². The lowest BCUT2D eigenvalue weighted by atomic mass is 10.00. The zero-order valence-corrected chi connectivity index (χ0v) is 10.6. The Kier molecular flexibility index (Phi) is 2.79. The fourth-order valence-corrected chi connectivity index (χ4v) is 2.20. The summed E-state index contributed by atoms with van der Waals surface area (Å²) in [5.74, 6) is 0.818. The summed E-state index contributed by atoms with van der Waals surface area (Å²) in [7, 11) is 1.87. The summed E-state index contributed by atoms with van der Waals surface area (Å²) in [6, 6.07) is 4.04. The summed E-state index contributed by atoms with van der Waals surface area (Å²) in [4.78, 5) is 0. The van der Waals surface area contributed by atoms with E-state index in [1.54, 1.807) is 0 Å². The second-order valence-electron chi connectivity index (χ2n) is 4.21. The lowest BCUT2D eigenvalue weighted by Gasteiger charge is -2.11. The summed E-state index contributed by atoms with van der Waals surface area (Å²) < 4.78 is 5.18. The maximum atomic E-state index is 6.03. The molecule has 3 N–H and O–H groups in total. The van der Waals surface area contributed by atoms with Crippen LogP contribution < -0.4 is 11.1 Å². The van der Waals surface area contributed by atoms with Gasteiger partial charge in [-0.05, 0) is 44.0 Å². The van der Waals surface area contributed by atoms with Crippen LogP contribution in [0.1, 0.15) is 17.0 Å². The number of aromatic nitrogens is 1. The standard InChI is InChI=1S/C13H17N3O/c1-7-5-10(6-11(14)13(7)15-4)12-8(2)16-17-9(12)3/h5-6,15H,14H2,1-4H3. The van der Waals surface area contributed by atoms with Crippen molar-refractivity contribution in [2.24, 2.45) is 0 Å². The highest BCUT2D eigenvalue weighted by Gasteiger charge is 2.13. The molecule has 0 saturated heterocycles. The summed E-state index contributed by atoms with van der Waals surface area (Å²) in [5.41, 5.74) is 11.8. The molecule has 0 unspecified atom stereocenters. The molecule has 0 radical (unpaired) electrons. The van der Waals surface area contributed by atoms with Crippen LogP contribution >= 0.6 is 0 Å². The number of hydrogen-bond donors (Lipinski definition) is 2. The molecule has 2 aromatic rings. The van der Waals surface area contributed by atoms with Gasteiger partial charge in [0.25, 0.3) is 0 Å². The SMILES string of the molecule is CNc1c(C)cc(-c2c(C)noc2C)cc1N. The summed E-state index contributed by atoms with van der Waals surface area (Å²) in [5, 5.41) is 7.06. The van der Waals surface area contributed by atoms with Crippen LogP contribution in [0.25, 0.3) is 11.1 Å². The molecule has 1 heterocycles. The van der Waals surface area contributed by atoms with Gasteiger partial charge in [0.2, 0.25) is 0 Å². The molecule has 4 nitrogen and oxygen atoms in total. The third kappa shape index (κ3) is 1.86. The number of benzene rings is 1. The van der Waals surface area contributed by atoms with Gasteiger partial charge in [-0.3, -0.25) is 0 Å². The van der Waals surface area contributed by atoms with E-state index < -0.39 is 0 Å². The quantitative estimate of drug-likeness (QED) is 0.780. The van der Waals surface area contributed by atoms with E-state index >= 15 is 0 Å². The van der Waals surface area contributed by atoms with Gasteiger partial charge in [-0.15, -0.1) is 0 Å². The Hall–Kier alpha value is -1.97. The third-order valence-electron chi connectivity index (χ3n) is 2.94. The average molecular weight is 231 g/mol. The summed E-state index contributed by atoms with van der Waals surface area (Å²) >= 11 is 0. The fraction of sp³-hybridized carbons (Fsp3) is 0.308. The third-order valence-corrected chi connectivity index (χ3v) is 2.94. The molecule has 0 atom stereocenters. The lowest BCUT2D eigenvalue weighted by Crippen LogP contribution is -1.99. The van der Waals surface area contributed by atoms with Gasteiger partial charge in [-0.2, -0.15) is 0 Å².